The first-order valence-corrected chi connectivity index (χ1v) is 14.5. The van der Waals surface area contributed by atoms with Crippen molar-refractivity contribution in [1.82, 2.24) is 20.1 Å². The molecule has 0 radical (unpaired) electrons. The monoisotopic (exact) mass is 614 g/mol. The lowest BCUT2D eigenvalue weighted by molar-refractivity contribution is 0.251. The molecule has 1 aliphatic rings. The van der Waals surface area contributed by atoms with Crippen LogP contribution < -0.4 is 30.7 Å². The number of aryl methyl sites for hydroxylation is 1. The lowest BCUT2D eigenvalue weighted by atomic mass is 10.2. The summed E-state index contributed by atoms with van der Waals surface area (Å²) in [5, 5.41) is 25.6. The highest BCUT2D eigenvalue weighted by Gasteiger charge is 2.23. The van der Waals surface area contributed by atoms with Crippen molar-refractivity contribution in [1.29, 1.82) is 5.26 Å². The number of unbranched alkanes of at least 4 members (excludes halogenated alkanes) is 1. The summed E-state index contributed by atoms with van der Waals surface area (Å²) in [7, 11) is 1.59. The van der Waals surface area contributed by atoms with Crippen LogP contribution in [0.2, 0.25) is 5.02 Å². The first kappa shape index (κ1) is 30.2. The molecule has 13 heteroatoms. The van der Waals surface area contributed by atoms with Crippen LogP contribution in [0.4, 0.5) is 26.9 Å². The summed E-state index contributed by atoms with van der Waals surface area (Å²) in [5.74, 6) is 1.95. The van der Waals surface area contributed by atoms with E-state index in [1.165, 1.54) is 24.4 Å². The molecule has 1 fully saturated rings. The molecule has 4 aromatic rings. The Hall–Kier alpha value is -5.28. The van der Waals surface area contributed by atoms with E-state index >= 15 is 0 Å². The van der Waals surface area contributed by atoms with Gasteiger partial charge in [-0.05, 0) is 68.1 Å². The molecule has 12 nitrogen and oxygen atoms in total. The van der Waals surface area contributed by atoms with E-state index in [0.717, 1.165) is 43.5 Å². The van der Waals surface area contributed by atoms with Crippen molar-refractivity contribution in [3.05, 3.63) is 77.1 Å². The number of aromatic nitrogens is 3. The molecule has 44 heavy (non-hydrogen) atoms. The van der Waals surface area contributed by atoms with E-state index in [0.29, 0.717) is 17.3 Å². The average Bonchev–Trinajstić information content (AvgIpc) is 3.74. The van der Waals surface area contributed by atoms with Gasteiger partial charge in [0.15, 0.2) is 0 Å². The minimum atomic E-state index is -0.574. The van der Waals surface area contributed by atoms with Crippen molar-refractivity contribution in [3.63, 3.8) is 0 Å². The third kappa shape index (κ3) is 7.56. The minimum absolute atomic E-state index is 0.00339. The zero-order valence-corrected chi connectivity index (χ0v) is 24.9. The molecular weight excluding hydrogens is 584 g/mol. The lowest BCUT2D eigenvalue weighted by Crippen LogP contribution is -2.30. The van der Waals surface area contributed by atoms with E-state index < -0.39 is 6.03 Å². The number of nitrogens with zero attached hydrogens (tertiary/aromatic N) is 4. The van der Waals surface area contributed by atoms with Gasteiger partial charge in [-0.25, -0.2) is 19.3 Å². The third-order valence-corrected chi connectivity index (χ3v) is 7.07. The number of ether oxygens (including phenoxy) is 2. The van der Waals surface area contributed by atoms with Crippen LogP contribution in [0.3, 0.4) is 0 Å². The summed E-state index contributed by atoms with van der Waals surface area (Å²) >= 11 is 6.55. The molecule has 2 heterocycles. The van der Waals surface area contributed by atoms with E-state index in [-0.39, 0.29) is 39.9 Å². The number of hydrogen-bond donors (Lipinski definition) is 4. The second-order valence-electron chi connectivity index (χ2n) is 10.1. The van der Waals surface area contributed by atoms with Gasteiger partial charge in [0.05, 0.1) is 29.2 Å². The second-order valence-corrected chi connectivity index (χ2v) is 10.5. The summed E-state index contributed by atoms with van der Waals surface area (Å²) in [4.78, 5) is 29.3. The average molecular weight is 615 g/mol. The van der Waals surface area contributed by atoms with Gasteiger partial charge < -0.3 is 20.1 Å². The lowest BCUT2D eigenvalue weighted by Gasteiger charge is -2.14. The molecule has 0 unspecified atom stereocenters. The van der Waals surface area contributed by atoms with Crippen LogP contribution in [0.1, 0.15) is 43.9 Å². The van der Waals surface area contributed by atoms with Crippen molar-refractivity contribution < 1.29 is 19.1 Å². The number of amides is 4. The Kier molecular flexibility index (Phi) is 9.46. The number of benzene rings is 2. The van der Waals surface area contributed by atoms with Crippen molar-refractivity contribution in [2.45, 2.75) is 45.1 Å². The number of methoxy groups -OCH3 is 1. The summed E-state index contributed by atoms with van der Waals surface area (Å²) in [6.07, 6.45) is 6.12. The predicted octanol–water partition coefficient (Wildman–Crippen LogP) is 6.86. The van der Waals surface area contributed by atoms with Gasteiger partial charge in [0.25, 0.3) is 0 Å². The number of hydrogen-bond acceptors (Lipinski definition) is 7. The predicted molar refractivity (Wildman–Crippen MR) is 167 cm³/mol. The number of pyridine rings is 1. The van der Waals surface area contributed by atoms with Crippen molar-refractivity contribution >= 4 is 41.0 Å². The van der Waals surface area contributed by atoms with Gasteiger partial charge in [0.2, 0.25) is 0 Å². The van der Waals surface area contributed by atoms with E-state index in [4.69, 9.17) is 21.1 Å². The maximum absolute atomic E-state index is 13.1. The number of anilines is 3. The van der Waals surface area contributed by atoms with Gasteiger partial charge in [-0.3, -0.25) is 10.6 Å². The second kappa shape index (κ2) is 13.8. The van der Waals surface area contributed by atoms with Crippen LogP contribution in [-0.4, -0.2) is 40.0 Å². The number of urea groups is 2. The summed E-state index contributed by atoms with van der Waals surface area (Å²) in [5.41, 5.74) is 1.81. The maximum atomic E-state index is 13.1. The Morgan fingerprint density at radius 2 is 1.84 bits per heavy atom. The van der Waals surface area contributed by atoms with Gasteiger partial charge in [-0.2, -0.15) is 10.4 Å². The minimum Gasteiger partial charge on any atom is -0.497 e. The molecule has 226 valence electrons. The first-order valence-electron chi connectivity index (χ1n) is 14.1. The van der Waals surface area contributed by atoms with Crippen LogP contribution in [0.25, 0.3) is 5.69 Å². The fourth-order valence-electron chi connectivity index (χ4n) is 4.27. The van der Waals surface area contributed by atoms with Crippen LogP contribution in [0, 0.1) is 11.3 Å². The van der Waals surface area contributed by atoms with E-state index in [2.05, 4.69) is 38.3 Å². The number of carbonyl (C=O) groups excluding carboxylic acids is 2. The highest BCUT2D eigenvalue weighted by atomic mass is 35.5. The van der Waals surface area contributed by atoms with Crippen molar-refractivity contribution in [3.8, 4) is 29.0 Å². The van der Waals surface area contributed by atoms with Crippen molar-refractivity contribution in [2.24, 2.45) is 0 Å². The van der Waals surface area contributed by atoms with Gasteiger partial charge in [0, 0.05) is 24.4 Å². The van der Waals surface area contributed by atoms with E-state index in [1.807, 2.05) is 36.4 Å². The standard InChI is InChI=1S/C31H31ClN8O4/c1-3-4-5-20-16-28(40(39-20)21-8-10-22(43-2)11-9-21)38-31(42)36-25-12-13-26(24(18-33)29(25)32)44-23-14-15-34-27(17-23)37-30(41)35-19-6-7-19/h8-17,19H,3-7H2,1-2H3,(H2,36,38,42)(H2,34,35,37,41). The van der Waals surface area contributed by atoms with E-state index in [1.54, 1.807) is 17.9 Å². The van der Waals surface area contributed by atoms with Gasteiger partial charge in [-0.1, -0.05) is 24.9 Å². The smallest absolute Gasteiger partial charge is 0.324 e. The number of rotatable bonds is 11. The highest BCUT2D eigenvalue weighted by molar-refractivity contribution is 6.35. The fraction of sp³-hybridized carbons (Fsp3) is 0.258. The molecule has 1 aliphatic carbocycles. The van der Waals surface area contributed by atoms with Gasteiger partial charge >= 0.3 is 12.1 Å². The first-order chi connectivity index (χ1) is 21.4. The molecule has 0 atom stereocenters. The van der Waals surface area contributed by atoms with Crippen LogP contribution in [0.15, 0.2) is 60.8 Å². The summed E-state index contributed by atoms with van der Waals surface area (Å²) in [6, 6.07) is 16.6. The molecule has 4 N–H and O–H groups in total. The molecule has 5 rings (SSSR count). The summed E-state index contributed by atoms with van der Waals surface area (Å²) in [6.45, 7) is 2.10. The Balaban J connectivity index is 1.30. The quantitative estimate of drug-likeness (QED) is 0.144. The number of carbonyl (C=O) groups is 2. The molecule has 2 aromatic heterocycles. The Morgan fingerprint density at radius 1 is 1.05 bits per heavy atom. The zero-order chi connectivity index (χ0) is 31.1. The molecule has 0 saturated heterocycles. The molecule has 2 aromatic carbocycles. The number of halogens is 1. The molecule has 0 spiro atoms. The van der Waals surface area contributed by atoms with Gasteiger partial charge in [0.1, 0.15) is 40.5 Å². The zero-order valence-electron chi connectivity index (χ0n) is 24.2. The maximum Gasteiger partial charge on any atom is 0.324 e. The Labute approximate surface area is 259 Å². The fourth-order valence-corrected chi connectivity index (χ4v) is 4.51. The highest BCUT2D eigenvalue weighted by Crippen LogP contribution is 2.36. The molecule has 0 bridgehead atoms. The van der Waals surface area contributed by atoms with Crippen LogP contribution >= 0.6 is 11.6 Å². The van der Waals surface area contributed by atoms with Crippen LogP contribution in [-0.2, 0) is 6.42 Å². The normalized spacial score (nSPS) is 12.1. The summed E-state index contributed by atoms with van der Waals surface area (Å²) < 4.78 is 12.8. The number of nitriles is 1. The van der Waals surface area contributed by atoms with E-state index in [9.17, 15) is 14.9 Å². The molecule has 0 aliphatic heterocycles. The third-order valence-electron chi connectivity index (χ3n) is 6.68. The van der Waals surface area contributed by atoms with Crippen LogP contribution in [0.5, 0.6) is 17.2 Å². The Bertz CT molecular complexity index is 1700. The van der Waals surface area contributed by atoms with Crippen molar-refractivity contribution in [2.75, 3.05) is 23.1 Å². The number of nitrogens with one attached hydrogen (secondary N) is 4. The largest absolute Gasteiger partial charge is 0.497 e. The molecular formula is C31H31ClN8O4. The molecule has 1 saturated carbocycles. The SMILES string of the molecule is CCCCc1cc(NC(=O)Nc2ccc(Oc3ccnc(NC(=O)NC4CC4)c3)c(C#N)c2Cl)n(-c2ccc(OC)cc2)n1. The van der Waals surface area contributed by atoms with Gasteiger partial charge in [-0.15, -0.1) is 0 Å². The Morgan fingerprint density at radius 3 is 2.55 bits per heavy atom. The topological polar surface area (TPSA) is 155 Å². The molecule has 4 amide bonds.